The summed E-state index contributed by atoms with van der Waals surface area (Å²) in [4.78, 5) is 6.82. The molecule has 0 fully saturated rings. The van der Waals surface area contributed by atoms with Gasteiger partial charge in [-0.3, -0.25) is 9.67 Å². The molecule has 0 aliphatic heterocycles. The van der Waals surface area contributed by atoms with Crippen LogP contribution in [0, 0.1) is 5.82 Å². The molecular formula is C18H12F4N4. The number of benzene rings is 1. The smallest absolute Gasteiger partial charge is 0.354 e. The molecule has 26 heavy (non-hydrogen) atoms. The van der Waals surface area contributed by atoms with Crippen LogP contribution in [-0.2, 0) is 13.2 Å². The molecule has 132 valence electrons. The van der Waals surface area contributed by atoms with E-state index in [1.165, 1.54) is 17.9 Å². The second kappa shape index (κ2) is 5.69. The molecule has 0 amide bonds. The van der Waals surface area contributed by atoms with Crippen LogP contribution in [0.25, 0.3) is 33.4 Å². The summed E-state index contributed by atoms with van der Waals surface area (Å²) < 4.78 is 53.7. The van der Waals surface area contributed by atoms with E-state index in [-0.39, 0.29) is 0 Å². The first-order valence-corrected chi connectivity index (χ1v) is 7.67. The molecule has 0 bridgehead atoms. The molecule has 0 aliphatic carbocycles. The van der Waals surface area contributed by atoms with Gasteiger partial charge in [-0.1, -0.05) is 6.07 Å². The standard InChI is InChI=1S/C18H12F4N4/c1-26-16(8-17(25-26)18(20,21)22)10-2-3-14-11(6-10)7-15(24-14)12-4-5-23-9-13(12)19/h2-9,24H,1H3. The quantitative estimate of drug-likeness (QED) is 0.523. The number of nitrogens with zero attached hydrogens (tertiary/aromatic N) is 3. The second-order valence-electron chi connectivity index (χ2n) is 5.88. The maximum atomic E-state index is 13.9. The van der Waals surface area contributed by atoms with E-state index in [9.17, 15) is 17.6 Å². The Bertz CT molecular complexity index is 1110. The van der Waals surface area contributed by atoms with E-state index in [1.807, 2.05) is 0 Å². The molecule has 1 N–H and O–H groups in total. The zero-order chi connectivity index (χ0) is 18.5. The summed E-state index contributed by atoms with van der Waals surface area (Å²) in [6.07, 6.45) is -1.88. The lowest BCUT2D eigenvalue weighted by atomic mass is 10.1. The molecule has 1 aromatic carbocycles. The van der Waals surface area contributed by atoms with Crippen molar-refractivity contribution in [2.45, 2.75) is 6.18 Å². The summed E-state index contributed by atoms with van der Waals surface area (Å²) in [6.45, 7) is 0. The van der Waals surface area contributed by atoms with Gasteiger partial charge >= 0.3 is 6.18 Å². The van der Waals surface area contributed by atoms with E-state index in [1.54, 1.807) is 30.3 Å². The first-order chi connectivity index (χ1) is 12.3. The van der Waals surface area contributed by atoms with Crippen LogP contribution in [0.4, 0.5) is 17.6 Å². The topological polar surface area (TPSA) is 46.5 Å². The number of aromatic nitrogens is 4. The van der Waals surface area contributed by atoms with Gasteiger partial charge in [0.2, 0.25) is 0 Å². The van der Waals surface area contributed by atoms with Crippen LogP contribution in [0.2, 0.25) is 0 Å². The van der Waals surface area contributed by atoms with Gasteiger partial charge in [0, 0.05) is 41.0 Å². The van der Waals surface area contributed by atoms with Gasteiger partial charge in [-0.15, -0.1) is 0 Å². The van der Waals surface area contributed by atoms with Gasteiger partial charge in [0.05, 0.1) is 11.9 Å². The van der Waals surface area contributed by atoms with Crippen LogP contribution >= 0.6 is 0 Å². The van der Waals surface area contributed by atoms with E-state index >= 15 is 0 Å². The third kappa shape index (κ3) is 2.73. The molecule has 3 heterocycles. The zero-order valence-electron chi connectivity index (χ0n) is 13.5. The Hall–Kier alpha value is -3.16. The van der Waals surface area contributed by atoms with Crippen molar-refractivity contribution >= 4 is 10.9 Å². The first-order valence-electron chi connectivity index (χ1n) is 7.67. The number of hydrogen-bond donors (Lipinski definition) is 1. The van der Waals surface area contributed by atoms with Gasteiger partial charge in [-0.05, 0) is 30.3 Å². The summed E-state index contributed by atoms with van der Waals surface area (Å²) in [6, 6.07) is 9.50. The van der Waals surface area contributed by atoms with Crippen LogP contribution in [0.1, 0.15) is 5.69 Å². The van der Waals surface area contributed by atoms with Crippen LogP contribution in [0.3, 0.4) is 0 Å². The van der Waals surface area contributed by atoms with Gasteiger partial charge in [-0.2, -0.15) is 18.3 Å². The van der Waals surface area contributed by atoms with Gasteiger partial charge < -0.3 is 4.98 Å². The van der Waals surface area contributed by atoms with Gasteiger partial charge in [0.25, 0.3) is 0 Å². The summed E-state index contributed by atoms with van der Waals surface area (Å²) in [5, 5.41) is 4.28. The first kappa shape index (κ1) is 16.3. The molecular weight excluding hydrogens is 348 g/mol. The molecule has 8 heteroatoms. The Morgan fingerprint density at radius 3 is 2.58 bits per heavy atom. The Kier molecular flexibility index (Phi) is 3.57. The zero-order valence-corrected chi connectivity index (χ0v) is 13.5. The summed E-state index contributed by atoms with van der Waals surface area (Å²) in [5.74, 6) is -0.458. The molecule has 0 unspecified atom stereocenters. The lowest BCUT2D eigenvalue weighted by Gasteiger charge is -2.01. The summed E-state index contributed by atoms with van der Waals surface area (Å²) >= 11 is 0. The SMILES string of the molecule is Cn1nc(C(F)(F)F)cc1-c1ccc2[nH]c(-c3ccncc3F)cc2c1. The third-order valence-electron chi connectivity index (χ3n) is 4.15. The molecule has 4 nitrogen and oxygen atoms in total. The summed E-state index contributed by atoms with van der Waals surface area (Å²) in [7, 11) is 1.46. The fourth-order valence-electron chi connectivity index (χ4n) is 2.91. The monoisotopic (exact) mass is 360 g/mol. The van der Waals surface area contributed by atoms with Gasteiger partial charge in [0.15, 0.2) is 11.5 Å². The van der Waals surface area contributed by atoms with Crippen molar-refractivity contribution in [3.63, 3.8) is 0 Å². The van der Waals surface area contributed by atoms with Crippen molar-refractivity contribution in [3.05, 3.63) is 60.3 Å². The molecule has 0 aliphatic rings. The molecule has 4 rings (SSSR count). The highest BCUT2D eigenvalue weighted by Gasteiger charge is 2.34. The second-order valence-corrected chi connectivity index (χ2v) is 5.88. The highest BCUT2D eigenvalue weighted by atomic mass is 19.4. The van der Waals surface area contributed by atoms with Crippen molar-refractivity contribution in [2.75, 3.05) is 0 Å². The Balaban J connectivity index is 1.80. The average Bonchev–Trinajstić information content (AvgIpc) is 3.17. The number of H-pyrrole nitrogens is 1. The van der Waals surface area contributed by atoms with Crippen LogP contribution in [-0.4, -0.2) is 19.7 Å². The highest BCUT2D eigenvalue weighted by Crippen LogP contribution is 2.33. The molecule has 4 aromatic rings. The van der Waals surface area contributed by atoms with Crippen molar-refractivity contribution in [1.29, 1.82) is 0 Å². The van der Waals surface area contributed by atoms with Crippen molar-refractivity contribution in [1.82, 2.24) is 19.7 Å². The fourth-order valence-corrected chi connectivity index (χ4v) is 2.91. The van der Waals surface area contributed by atoms with E-state index in [0.717, 1.165) is 23.2 Å². The van der Waals surface area contributed by atoms with E-state index in [4.69, 9.17) is 0 Å². The number of aromatic amines is 1. The number of fused-ring (bicyclic) bond motifs is 1. The number of hydrogen-bond acceptors (Lipinski definition) is 2. The normalized spacial score (nSPS) is 12.0. The molecule has 0 saturated carbocycles. The Morgan fingerprint density at radius 1 is 1.08 bits per heavy atom. The van der Waals surface area contributed by atoms with Crippen molar-refractivity contribution < 1.29 is 17.6 Å². The maximum absolute atomic E-state index is 13.9. The minimum atomic E-state index is -4.50. The van der Waals surface area contributed by atoms with Crippen molar-refractivity contribution in [3.8, 4) is 22.5 Å². The minimum absolute atomic E-state index is 0.345. The molecule has 0 radical (unpaired) electrons. The van der Waals surface area contributed by atoms with Crippen LogP contribution in [0.5, 0.6) is 0 Å². The molecule has 0 saturated heterocycles. The van der Waals surface area contributed by atoms with E-state index in [2.05, 4.69) is 15.1 Å². The lowest BCUT2D eigenvalue weighted by molar-refractivity contribution is -0.141. The van der Waals surface area contributed by atoms with E-state index in [0.29, 0.717) is 22.5 Å². The Labute approximate surface area is 145 Å². The number of rotatable bonds is 2. The number of alkyl halides is 3. The van der Waals surface area contributed by atoms with Crippen LogP contribution < -0.4 is 0 Å². The number of halogens is 4. The molecule has 0 spiro atoms. The van der Waals surface area contributed by atoms with Gasteiger partial charge in [0.1, 0.15) is 0 Å². The average molecular weight is 360 g/mol. The summed E-state index contributed by atoms with van der Waals surface area (Å²) in [5.41, 5.74) is 1.68. The van der Waals surface area contributed by atoms with Crippen LogP contribution in [0.15, 0.2) is 48.8 Å². The highest BCUT2D eigenvalue weighted by molar-refractivity contribution is 5.89. The number of pyridine rings is 1. The fraction of sp³-hybridized carbons (Fsp3) is 0.111. The molecule has 0 atom stereocenters. The minimum Gasteiger partial charge on any atom is -0.354 e. The lowest BCUT2D eigenvalue weighted by Crippen LogP contribution is -2.06. The van der Waals surface area contributed by atoms with Gasteiger partial charge in [-0.25, -0.2) is 4.39 Å². The van der Waals surface area contributed by atoms with E-state index < -0.39 is 17.7 Å². The van der Waals surface area contributed by atoms with Crippen molar-refractivity contribution in [2.24, 2.45) is 7.05 Å². The number of nitrogens with one attached hydrogen (secondary N) is 1. The maximum Gasteiger partial charge on any atom is 0.435 e. The third-order valence-corrected chi connectivity index (χ3v) is 4.15. The number of aryl methyl sites for hydroxylation is 1. The largest absolute Gasteiger partial charge is 0.435 e. The predicted molar refractivity (Wildman–Crippen MR) is 88.7 cm³/mol. The Morgan fingerprint density at radius 2 is 1.88 bits per heavy atom. The predicted octanol–water partition coefficient (Wildman–Crippen LogP) is 4.79. The molecule has 3 aromatic heterocycles.